The molecule has 6 nitrogen and oxygen atoms in total. The number of aryl methyl sites for hydroxylation is 1. The second kappa shape index (κ2) is 9.16. The maximum absolute atomic E-state index is 14.0. The quantitative estimate of drug-likeness (QED) is 0.739. The number of anilines is 1. The van der Waals surface area contributed by atoms with Crippen LogP contribution in [0.5, 0.6) is 0 Å². The number of piperidine rings is 1. The highest BCUT2D eigenvalue weighted by Gasteiger charge is 2.39. The number of fused-ring (bicyclic) bond motifs is 1. The zero-order valence-electron chi connectivity index (χ0n) is 19.1. The third-order valence-corrected chi connectivity index (χ3v) is 6.67. The van der Waals surface area contributed by atoms with Gasteiger partial charge in [0.1, 0.15) is 11.9 Å². The summed E-state index contributed by atoms with van der Waals surface area (Å²) in [4.78, 5) is 18.9. The van der Waals surface area contributed by atoms with E-state index in [0.29, 0.717) is 31.6 Å². The van der Waals surface area contributed by atoms with Crippen molar-refractivity contribution in [2.24, 2.45) is 5.92 Å². The predicted octanol–water partition coefficient (Wildman–Crippen LogP) is 4.44. The van der Waals surface area contributed by atoms with Crippen molar-refractivity contribution in [3.63, 3.8) is 0 Å². The SMILES string of the molecule is CC(C)(C)c1cc2n(n1)[C@@H](C(F)F)C[C@@H](C1CCCN(C(=O)CCc3cccnc3)C1)N2. The molecule has 3 atom stereocenters. The van der Waals surface area contributed by atoms with Crippen molar-refractivity contribution in [2.45, 2.75) is 76.8 Å². The number of amides is 1. The van der Waals surface area contributed by atoms with E-state index in [-0.39, 0.29) is 23.3 Å². The Kier molecular flexibility index (Phi) is 6.49. The summed E-state index contributed by atoms with van der Waals surface area (Å²) in [6, 6.07) is 4.72. The van der Waals surface area contributed by atoms with Crippen molar-refractivity contribution in [2.75, 3.05) is 18.4 Å². The van der Waals surface area contributed by atoms with E-state index in [0.717, 1.165) is 30.6 Å². The Bertz CT molecular complexity index is 924. The number of pyridine rings is 1. The van der Waals surface area contributed by atoms with Gasteiger partial charge in [0.05, 0.1) is 5.69 Å². The van der Waals surface area contributed by atoms with Crippen LogP contribution in [0.2, 0.25) is 0 Å². The van der Waals surface area contributed by atoms with Crippen LogP contribution >= 0.6 is 0 Å². The van der Waals surface area contributed by atoms with Crippen molar-refractivity contribution in [1.82, 2.24) is 19.7 Å². The predicted molar refractivity (Wildman–Crippen MR) is 120 cm³/mol. The number of carbonyl (C=O) groups excluding carboxylic acids is 1. The Morgan fingerprint density at radius 2 is 2.16 bits per heavy atom. The van der Waals surface area contributed by atoms with Crippen molar-refractivity contribution in [1.29, 1.82) is 0 Å². The van der Waals surface area contributed by atoms with Gasteiger partial charge >= 0.3 is 0 Å². The minimum Gasteiger partial charge on any atom is -0.367 e. The summed E-state index contributed by atoms with van der Waals surface area (Å²) in [6.07, 6.45) is 4.28. The van der Waals surface area contributed by atoms with E-state index < -0.39 is 12.5 Å². The van der Waals surface area contributed by atoms with E-state index in [4.69, 9.17) is 0 Å². The number of hydrogen-bond donors (Lipinski definition) is 1. The Morgan fingerprint density at radius 3 is 2.84 bits per heavy atom. The zero-order chi connectivity index (χ0) is 22.9. The molecule has 0 aromatic carbocycles. The summed E-state index contributed by atoms with van der Waals surface area (Å²) >= 11 is 0. The number of nitrogens with one attached hydrogen (secondary N) is 1. The average Bonchev–Trinajstić information content (AvgIpc) is 3.22. The Morgan fingerprint density at radius 1 is 1.34 bits per heavy atom. The molecule has 1 unspecified atom stereocenters. The molecule has 0 aliphatic carbocycles. The molecule has 0 radical (unpaired) electrons. The zero-order valence-corrected chi connectivity index (χ0v) is 19.1. The van der Waals surface area contributed by atoms with E-state index in [9.17, 15) is 13.6 Å². The normalized spacial score (nSPS) is 23.7. The van der Waals surface area contributed by atoms with Crippen LogP contribution in [0.3, 0.4) is 0 Å². The van der Waals surface area contributed by atoms with Crippen LogP contribution in [0.25, 0.3) is 0 Å². The topological polar surface area (TPSA) is 63.1 Å². The molecule has 2 aliphatic heterocycles. The van der Waals surface area contributed by atoms with Crippen LogP contribution in [0.1, 0.15) is 63.8 Å². The minimum atomic E-state index is -2.48. The molecule has 1 N–H and O–H groups in total. The number of alkyl halides is 2. The third kappa shape index (κ3) is 4.94. The maximum atomic E-state index is 14.0. The van der Waals surface area contributed by atoms with Gasteiger partial charge in [-0.25, -0.2) is 13.5 Å². The van der Waals surface area contributed by atoms with Crippen LogP contribution < -0.4 is 5.32 Å². The van der Waals surface area contributed by atoms with Crippen molar-refractivity contribution in [3.05, 3.63) is 41.9 Å². The molecule has 32 heavy (non-hydrogen) atoms. The molecule has 2 aromatic rings. The molecule has 4 heterocycles. The summed E-state index contributed by atoms with van der Waals surface area (Å²) in [5.41, 5.74) is 1.64. The molecule has 8 heteroatoms. The van der Waals surface area contributed by atoms with Gasteiger partial charge in [0.15, 0.2) is 0 Å². The average molecular weight is 446 g/mol. The van der Waals surface area contributed by atoms with Crippen LogP contribution in [0, 0.1) is 5.92 Å². The summed E-state index contributed by atoms with van der Waals surface area (Å²) in [5.74, 6) is 0.936. The van der Waals surface area contributed by atoms with Gasteiger partial charge in [0, 0.05) is 49.4 Å². The first kappa shape index (κ1) is 22.7. The molecule has 0 bridgehead atoms. The molecular formula is C24H33F2N5O. The maximum Gasteiger partial charge on any atom is 0.260 e. The molecule has 2 aromatic heterocycles. The van der Waals surface area contributed by atoms with Gasteiger partial charge in [-0.1, -0.05) is 26.8 Å². The molecule has 0 spiro atoms. The molecule has 4 rings (SSSR count). The van der Waals surface area contributed by atoms with E-state index in [1.54, 1.807) is 12.4 Å². The van der Waals surface area contributed by atoms with E-state index in [1.807, 2.05) is 43.9 Å². The minimum absolute atomic E-state index is 0.0973. The molecule has 1 saturated heterocycles. The first-order valence-electron chi connectivity index (χ1n) is 11.5. The van der Waals surface area contributed by atoms with Crippen LogP contribution in [0.15, 0.2) is 30.6 Å². The van der Waals surface area contributed by atoms with Crippen LogP contribution in [-0.4, -0.2) is 51.1 Å². The van der Waals surface area contributed by atoms with Crippen molar-refractivity contribution < 1.29 is 13.6 Å². The van der Waals surface area contributed by atoms with Gasteiger partial charge in [0.25, 0.3) is 6.43 Å². The number of likely N-dealkylation sites (tertiary alicyclic amines) is 1. The summed E-state index contributed by atoms with van der Waals surface area (Å²) in [7, 11) is 0. The fourth-order valence-corrected chi connectivity index (χ4v) is 4.77. The summed E-state index contributed by atoms with van der Waals surface area (Å²) in [5, 5.41) is 7.99. The monoisotopic (exact) mass is 445 g/mol. The highest BCUT2D eigenvalue weighted by molar-refractivity contribution is 5.76. The second-order valence-electron chi connectivity index (χ2n) is 10.1. The van der Waals surface area contributed by atoms with Gasteiger partial charge in [0.2, 0.25) is 5.91 Å². The number of halogens is 2. The first-order chi connectivity index (χ1) is 15.2. The Balaban J connectivity index is 1.43. The first-order valence-corrected chi connectivity index (χ1v) is 11.5. The Hall–Kier alpha value is -2.51. The molecular weight excluding hydrogens is 412 g/mol. The van der Waals surface area contributed by atoms with Crippen molar-refractivity contribution >= 4 is 11.7 Å². The van der Waals surface area contributed by atoms with Gasteiger partial charge in [-0.05, 0) is 43.2 Å². The third-order valence-electron chi connectivity index (χ3n) is 6.67. The lowest BCUT2D eigenvalue weighted by Gasteiger charge is -2.41. The van der Waals surface area contributed by atoms with Crippen LogP contribution in [0.4, 0.5) is 14.6 Å². The highest BCUT2D eigenvalue weighted by atomic mass is 19.3. The molecule has 1 fully saturated rings. The lowest BCUT2D eigenvalue weighted by molar-refractivity contribution is -0.133. The van der Waals surface area contributed by atoms with Gasteiger partial charge in [-0.3, -0.25) is 9.78 Å². The van der Waals surface area contributed by atoms with E-state index in [1.165, 1.54) is 4.68 Å². The number of nitrogens with zero attached hydrogens (tertiary/aromatic N) is 4. The molecule has 2 aliphatic rings. The smallest absolute Gasteiger partial charge is 0.260 e. The lowest BCUT2D eigenvalue weighted by Crippen LogP contribution is -2.48. The number of rotatable bonds is 5. The van der Waals surface area contributed by atoms with Gasteiger partial charge in [-0.15, -0.1) is 0 Å². The summed E-state index contributed by atoms with van der Waals surface area (Å²) < 4.78 is 29.4. The van der Waals surface area contributed by atoms with Gasteiger partial charge < -0.3 is 10.2 Å². The van der Waals surface area contributed by atoms with Crippen molar-refractivity contribution in [3.8, 4) is 0 Å². The van der Waals surface area contributed by atoms with Gasteiger partial charge in [-0.2, -0.15) is 5.10 Å². The fourth-order valence-electron chi connectivity index (χ4n) is 4.77. The standard InChI is InChI=1S/C24H33F2N5O/c1-24(2,3)20-13-21-28-18(12-19(23(25)26)31(21)29-20)17-7-5-11-30(15-17)22(32)9-8-16-6-4-10-27-14-16/h4,6,10,13-14,17-19,23,28H,5,7-9,11-12,15H2,1-3H3/t17?,18-,19+/m0/s1. The van der Waals surface area contributed by atoms with E-state index in [2.05, 4.69) is 15.4 Å². The lowest BCUT2D eigenvalue weighted by atomic mass is 9.85. The fraction of sp³-hybridized carbons (Fsp3) is 0.625. The molecule has 1 amide bonds. The number of carbonyl (C=O) groups is 1. The largest absolute Gasteiger partial charge is 0.367 e. The second-order valence-corrected chi connectivity index (χ2v) is 10.1. The Labute approximate surface area is 188 Å². The molecule has 0 saturated carbocycles. The number of hydrogen-bond acceptors (Lipinski definition) is 4. The highest BCUT2D eigenvalue weighted by Crippen LogP contribution is 2.38. The number of aromatic nitrogens is 3. The van der Waals surface area contributed by atoms with E-state index >= 15 is 0 Å². The summed E-state index contributed by atoms with van der Waals surface area (Å²) in [6.45, 7) is 7.45. The molecule has 174 valence electrons. The van der Waals surface area contributed by atoms with Crippen LogP contribution in [-0.2, 0) is 16.6 Å².